The molecule has 1 unspecified atom stereocenters. The van der Waals surface area contributed by atoms with Crippen molar-refractivity contribution in [2.75, 3.05) is 18.4 Å². The number of anilines is 1. The van der Waals surface area contributed by atoms with Crippen molar-refractivity contribution >= 4 is 11.6 Å². The molecule has 1 aromatic heterocycles. The molecule has 5 heteroatoms. The van der Waals surface area contributed by atoms with Gasteiger partial charge in [0.05, 0.1) is 23.1 Å². The molecule has 1 aliphatic rings. The predicted molar refractivity (Wildman–Crippen MR) is 101 cm³/mol. The molecule has 5 nitrogen and oxygen atoms in total. The summed E-state index contributed by atoms with van der Waals surface area (Å²) in [5.41, 5.74) is 3.97. The van der Waals surface area contributed by atoms with Crippen molar-refractivity contribution in [1.82, 2.24) is 15.1 Å². The highest BCUT2D eigenvalue weighted by Gasteiger charge is 2.27. The zero-order chi connectivity index (χ0) is 17.8. The summed E-state index contributed by atoms with van der Waals surface area (Å²) in [6.07, 6.45) is 3.44. The van der Waals surface area contributed by atoms with Gasteiger partial charge in [-0.15, -0.1) is 0 Å². The van der Waals surface area contributed by atoms with Crippen molar-refractivity contribution in [2.45, 2.75) is 46.1 Å². The highest BCUT2D eigenvalue weighted by Crippen LogP contribution is 2.24. The van der Waals surface area contributed by atoms with Gasteiger partial charge >= 0.3 is 0 Å². The highest BCUT2D eigenvalue weighted by molar-refractivity contribution is 5.95. The summed E-state index contributed by atoms with van der Waals surface area (Å²) in [4.78, 5) is 14.9. The fourth-order valence-electron chi connectivity index (χ4n) is 3.62. The fourth-order valence-corrected chi connectivity index (χ4v) is 3.62. The second-order valence-electron chi connectivity index (χ2n) is 7.14. The maximum Gasteiger partial charge on any atom is 0.241 e. The van der Waals surface area contributed by atoms with Crippen LogP contribution in [0.3, 0.4) is 0 Å². The molecule has 134 valence electrons. The number of carbonyl (C=O) groups is 1. The fraction of sp³-hybridized carbons (Fsp3) is 0.500. The Balaban J connectivity index is 1.51. The topological polar surface area (TPSA) is 61.0 Å². The van der Waals surface area contributed by atoms with Crippen LogP contribution < -0.4 is 5.32 Å². The van der Waals surface area contributed by atoms with Gasteiger partial charge in [0.2, 0.25) is 5.91 Å². The molecule has 25 heavy (non-hydrogen) atoms. The SMILES string of the molecule is Cc1n[nH]c(C)c1NC(=O)C(C)N1CCC(Cc2ccccc2)CC1. The monoisotopic (exact) mass is 340 g/mol. The number of amides is 1. The van der Waals surface area contributed by atoms with E-state index in [9.17, 15) is 4.79 Å². The van der Waals surface area contributed by atoms with Gasteiger partial charge in [0, 0.05) is 0 Å². The van der Waals surface area contributed by atoms with Gasteiger partial charge in [-0.3, -0.25) is 14.8 Å². The average molecular weight is 340 g/mol. The van der Waals surface area contributed by atoms with E-state index in [4.69, 9.17) is 0 Å². The Bertz CT molecular complexity index is 682. The minimum Gasteiger partial charge on any atom is -0.322 e. The molecule has 0 radical (unpaired) electrons. The number of benzene rings is 1. The van der Waals surface area contributed by atoms with Crippen LogP contribution in [0.1, 0.15) is 36.7 Å². The highest BCUT2D eigenvalue weighted by atomic mass is 16.2. The number of nitrogens with one attached hydrogen (secondary N) is 2. The summed E-state index contributed by atoms with van der Waals surface area (Å²) >= 11 is 0. The minimum absolute atomic E-state index is 0.0501. The van der Waals surface area contributed by atoms with Crippen LogP contribution in [0.5, 0.6) is 0 Å². The number of nitrogens with zero attached hydrogens (tertiary/aromatic N) is 2. The summed E-state index contributed by atoms with van der Waals surface area (Å²) < 4.78 is 0. The van der Waals surface area contributed by atoms with Crippen LogP contribution in [-0.2, 0) is 11.2 Å². The molecule has 2 aromatic rings. The Labute approximate surface area is 149 Å². The van der Waals surface area contributed by atoms with E-state index in [1.54, 1.807) is 0 Å². The van der Waals surface area contributed by atoms with Gasteiger partial charge in [-0.1, -0.05) is 30.3 Å². The smallest absolute Gasteiger partial charge is 0.241 e. The number of hydrogen-bond donors (Lipinski definition) is 2. The lowest BCUT2D eigenvalue weighted by Gasteiger charge is -2.35. The summed E-state index contributed by atoms with van der Waals surface area (Å²) in [6, 6.07) is 10.6. The van der Waals surface area contributed by atoms with Gasteiger partial charge in [0.15, 0.2) is 0 Å². The molecule has 0 spiro atoms. The Morgan fingerprint density at radius 3 is 2.56 bits per heavy atom. The van der Waals surface area contributed by atoms with Crippen molar-refractivity contribution in [3.63, 3.8) is 0 Å². The molecule has 0 saturated carbocycles. The van der Waals surface area contributed by atoms with Crippen molar-refractivity contribution in [3.05, 3.63) is 47.3 Å². The van der Waals surface area contributed by atoms with Crippen LogP contribution >= 0.6 is 0 Å². The van der Waals surface area contributed by atoms with Crippen molar-refractivity contribution in [2.24, 2.45) is 5.92 Å². The average Bonchev–Trinajstić information content (AvgIpc) is 2.94. The van der Waals surface area contributed by atoms with E-state index in [0.717, 1.165) is 49.4 Å². The van der Waals surface area contributed by atoms with E-state index in [0.29, 0.717) is 5.92 Å². The van der Waals surface area contributed by atoms with Crippen molar-refractivity contribution in [3.8, 4) is 0 Å². The molecule has 1 aromatic carbocycles. The third-order valence-corrected chi connectivity index (χ3v) is 5.32. The molecule has 1 atom stereocenters. The first-order valence-electron chi connectivity index (χ1n) is 9.15. The van der Waals surface area contributed by atoms with Crippen molar-refractivity contribution in [1.29, 1.82) is 0 Å². The predicted octanol–water partition coefficient (Wildman–Crippen LogP) is 3.31. The van der Waals surface area contributed by atoms with Gasteiger partial charge in [0.1, 0.15) is 0 Å². The zero-order valence-corrected chi connectivity index (χ0v) is 15.4. The van der Waals surface area contributed by atoms with E-state index >= 15 is 0 Å². The number of hydrogen-bond acceptors (Lipinski definition) is 3. The second-order valence-corrected chi connectivity index (χ2v) is 7.14. The van der Waals surface area contributed by atoms with E-state index < -0.39 is 0 Å². The Hall–Kier alpha value is -2.14. The maximum absolute atomic E-state index is 12.6. The summed E-state index contributed by atoms with van der Waals surface area (Å²) in [5.74, 6) is 0.765. The molecule has 3 rings (SSSR count). The first kappa shape index (κ1) is 17.7. The minimum atomic E-state index is -0.119. The molecule has 0 bridgehead atoms. The lowest BCUT2D eigenvalue weighted by atomic mass is 9.89. The van der Waals surface area contributed by atoms with Gasteiger partial charge in [-0.25, -0.2) is 0 Å². The van der Waals surface area contributed by atoms with Crippen LogP contribution in [0.15, 0.2) is 30.3 Å². The Morgan fingerprint density at radius 1 is 1.28 bits per heavy atom. The van der Waals surface area contributed by atoms with E-state index in [-0.39, 0.29) is 11.9 Å². The van der Waals surface area contributed by atoms with E-state index in [1.165, 1.54) is 5.56 Å². The van der Waals surface area contributed by atoms with E-state index in [1.807, 2.05) is 20.8 Å². The lowest BCUT2D eigenvalue weighted by Crippen LogP contribution is -2.46. The van der Waals surface area contributed by atoms with Crippen molar-refractivity contribution < 1.29 is 4.79 Å². The van der Waals surface area contributed by atoms with Crippen LogP contribution in [0, 0.1) is 19.8 Å². The molecule has 2 heterocycles. The number of piperidine rings is 1. The number of aryl methyl sites for hydroxylation is 2. The molecule has 1 amide bonds. The number of carbonyl (C=O) groups excluding carboxylic acids is 1. The van der Waals surface area contributed by atoms with Crippen LogP contribution in [-0.4, -0.2) is 40.1 Å². The maximum atomic E-state index is 12.6. The summed E-state index contributed by atoms with van der Waals surface area (Å²) in [6.45, 7) is 7.79. The molecular formula is C20H28N4O. The molecule has 1 aliphatic heterocycles. The number of aromatic amines is 1. The molecular weight excluding hydrogens is 312 g/mol. The number of H-pyrrole nitrogens is 1. The van der Waals surface area contributed by atoms with Crippen LogP contribution in [0.4, 0.5) is 5.69 Å². The molecule has 1 fully saturated rings. The van der Waals surface area contributed by atoms with Gasteiger partial charge in [-0.05, 0) is 64.6 Å². The summed E-state index contributed by atoms with van der Waals surface area (Å²) in [5, 5.41) is 10.1. The van der Waals surface area contributed by atoms with Gasteiger partial charge in [-0.2, -0.15) is 5.10 Å². The number of rotatable bonds is 5. The standard InChI is InChI=1S/C20H28N4O/c1-14-19(15(2)23-22-14)21-20(25)16(3)24-11-9-18(10-12-24)13-17-7-5-4-6-8-17/h4-8,16,18H,9-13H2,1-3H3,(H,21,25)(H,22,23). The van der Waals surface area contributed by atoms with E-state index in [2.05, 4.69) is 50.7 Å². The third-order valence-electron chi connectivity index (χ3n) is 5.32. The number of likely N-dealkylation sites (tertiary alicyclic amines) is 1. The third kappa shape index (κ3) is 4.28. The normalized spacial score (nSPS) is 17.4. The van der Waals surface area contributed by atoms with Crippen LogP contribution in [0.25, 0.3) is 0 Å². The Kier molecular flexibility index (Phi) is 5.53. The largest absolute Gasteiger partial charge is 0.322 e. The molecule has 0 aliphatic carbocycles. The van der Waals surface area contributed by atoms with Gasteiger partial charge in [0.25, 0.3) is 0 Å². The molecule has 2 N–H and O–H groups in total. The first-order valence-corrected chi connectivity index (χ1v) is 9.15. The summed E-state index contributed by atoms with van der Waals surface area (Å²) in [7, 11) is 0. The van der Waals surface area contributed by atoms with Gasteiger partial charge < -0.3 is 5.32 Å². The van der Waals surface area contributed by atoms with Crippen LogP contribution in [0.2, 0.25) is 0 Å². The Morgan fingerprint density at radius 2 is 1.96 bits per heavy atom. The first-order chi connectivity index (χ1) is 12.0. The number of aromatic nitrogens is 2. The second kappa shape index (κ2) is 7.83. The lowest BCUT2D eigenvalue weighted by molar-refractivity contribution is -0.121. The zero-order valence-electron chi connectivity index (χ0n) is 15.4. The quantitative estimate of drug-likeness (QED) is 0.878. The molecule has 1 saturated heterocycles.